The van der Waals surface area contributed by atoms with E-state index in [2.05, 4.69) is 26.0 Å². The van der Waals surface area contributed by atoms with Crippen molar-refractivity contribution in [2.45, 2.75) is 33.2 Å². The lowest BCUT2D eigenvalue weighted by molar-refractivity contribution is -0.124. The zero-order chi connectivity index (χ0) is 26.8. The van der Waals surface area contributed by atoms with E-state index in [0.717, 1.165) is 40.3 Å². The number of ether oxygens (including phenoxy) is 2. The van der Waals surface area contributed by atoms with Crippen LogP contribution in [0.25, 0.3) is 0 Å². The van der Waals surface area contributed by atoms with Crippen LogP contribution in [0.15, 0.2) is 57.8 Å². The second-order valence-electron chi connectivity index (χ2n) is 9.77. The molecule has 0 fully saturated rings. The molecule has 10 heteroatoms. The molecule has 3 aliphatic rings. The number of amidine groups is 1. The molecule has 0 saturated heterocycles. The Labute approximate surface area is 221 Å². The molecule has 3 aliphatic heterocycles. The van der Waals surface area contributed by atoms with Crippen LogP contribution in [0.3, 0.4) is 0 Å². The zero-order valence-corrected chi connectivity index (χ0v) is 22.0. The minimum absolute atomic E-state index is 0.0671. The Morgan fingerprint density at radius 2 is 2.05 bits per heavy atom. The van der Waals surface area contributed by atoms with Crippen LogP contribution in [-0.2, 0) is 16.0 Å². The topological polar surface area (TPSA) is 117 Å². The number of benzene rings is 2. The number of carbonyl (C=O) groups excluding carboxylic acids is 2. The molecule has 10 nitrogen and oxygen atoms in total. The van der Waals surface area contributed by atoms with E-state index in [9.17, 15) is 9.59 Å². The van der Waals surface area contributed by atoms with Gasteiger partial charge in [-0.05, 0) is 67.8 Å². The van der Waals surface area contributed by atoms with Gasteiger partial charge in [-0.3, -0.25) is 14.6 Å². The average Bonchev–Trinajstić information content (AvgIpc) is 3.50. The van der Waals surface area contributed by atoms with E-state index in [0.29, 0.717) is 36.8 Å². The lowest BCUT2D eigenvalue weighted by atomic mass is 10.0. The number of methoxy groups -OCH3 is 1. The molecule has 0 saturated carbocycles. The summed E-state index contributed by atoms with van der Waals surface area (Å²) in [5, 5.41) is 15.6. The van der Waals surface area contributed by atoms with Crippen LogP contribution in [0.4, 0.5) is 11.4 Å². The van der Waals surface area contributed by atoms with Gasteiger partial charge in [-0.1, -0.05) is 6.07 Å². The molecule has 2 amide bonds. The molecule has 0 spiro atoms. The molecule has 3 heterocycles. The summed E-state index contributed by atoms with van der Waals surface area (Å²) in [5.41, 5.74) is 5.73. The first kappa shape index (κ1) is 25.5. The van der Waals surface area contributed by atoms with E-state index in [1.807, 2.05) is 51.1 Å². The average molecular weight is 517 g/mol. The van der Waals surface area contributed by atoms with Crippen molar-refractivity contribution in [2.75, 3.05) is 37.5 Å². The summed E-state index contributed by atoms with van der Waals surface area (Å²) in [6, 6.07) is 11.1. The Hall–Kier alpha value is -4.18. The Balaban J connectivity index is 1.32. The molecule has 2 atom stereocenters. The van der Waals surface area contributed by atoms with Gasteiger partial charge in [0.1, 0.15) is 17.8 Å². The third-order valence-electron chi connectivity index (χ3n) is 6.93. The van der Waals surface area contributed by atoms with Crippen LogP contribution < -0.4 is 20.7 Å². The van der Waals surface area contributed by atoms with E-state index in [4.69, 9.17) is 9.47 Å². The van der Waals surface area contributed by atoms with Crippen molar-refractivity contribution in [3.63, 3.8) is 0 Å². The van der Waals surface area contributed by atoms with Crippen LogP contribution in [-0.4, -0.2) is 61.9 Å². The van der Waals surface area contributed by atoms with E-state index >= 15 is 0 Å². The summed E-state index contributed by atoms with van der Waals surface area (Å²) < 4.78 is 10.7. The molecule has 2 aromatic carbocycles. The van der Waals surface area contributed by atoms with Crippen molar-refractivity contribution in [1.29, 1.82) is 0 Å². The number of amides is 2. The van der Waals surface area contributed by atoms with Gasteiger partial charge in [0.05, 0.1) is 25.7 Å². The lowest BCUT2D eigenvalue weighted by Gasteiger charge is -2.23. The molecule has 38 heavy (non-hydrogen) atoms. The fourth-order valence-electron chi connectivity index (χ4n) is 4.89. The number of nitrogens with one attached hydrogen (secondary N) is 3. The maximum atomic E-state index is 12.9. The van der Waals surface area contributed by atoms with Crippen molar-refractivity contribution in [1.82, 2.24) is 10.3 Å². The third kappa shape index (κ3) is 5.12. The van der Waals surface area contributed by atoms with Gasteiger partial charge < -0.3 is 25.4 Å². The summed E-state index contributed by atoms with van der Waals surface area (Å²) in [4.78, 5) is 30.4. The fourth-order valence-corrected chi connectivity index (χ4v) is 4.89. The van der Waals surface area contributed by atoms with E-state index in [-0.39, 0.29) is 23.8 Å². The molecule has 2 aromatic rings. The predicted octanol–water partition coefficient (Wildman–Crippen LogP) is 3.31. The van der Waals surface area contributed by atoms with Gasteiger partial charge in [0, 0.05) is 36.5 Å². The number of hydrazone groups is 1. The van der Waals surface area contributed by atoms with Crippen LogP contribution in [0.2, 0.25) is 0 Å². The molecule has 198 valence electrons. The highest BCUT2D eigenvalue weighted by Gasteiger charge is 2.37. The van der Waals surface area contributed by atoms with E-state index < -0.39 is 0 Å². The van der Waals surface area contributed by atoms with Crippen molar-refractivity contribution in [3.8, 4) is 5.75 Å². The highest BCUT2D eigenvalue weighted by molar-refractivity contribution is 6.13. The summed E-state index contributed by atoms with van der Waals surface area (Å²) in [5.74, 6) is 0.838. The van der Waals surface area contributed by atoms with Crippen LogP contribution >= 0.6 is 0 Å². The Morgan fingerprint density at radius 3 is 2.87 bits per heavy atom. The number of hydrogen-bond acceptors (Lipinski definition) is 8. The van der Waals surface area contributed by atoms with E-state index in [1.54, 1.807) is 18.2 Å². The van der Waals surface area contributed by atoms with Gasteiger partial charge in [0.2, 0.25) is 5.91 Å². The maximum Gasteiger partial charge on any atom is 0.255 e. The van der Waals surface area contributed by atoms with Crippen molar-refractivity contribution in [3.05, 3.63) is 64.4 Å². The van der Waals surface area contributed by atoms with Gasteiger partial charge in [-0.25, -0.2) is 4.99 Å². The fraction of sp³-hybridized carbons (Fsp3) is 0.357. The van der Waals surface area contributed by atoms with Crippen LogP contribution in [0.5, 0.6) is 5.75 Å². The monoisotopic (exact) mass is 516 g/mol. The van der Waals surface area contributed by atoms with Gasteiger partial charge in [0.25, 0.3) is 5.91 Å². The molecule has 3 N–H and O–H groups in total. The van der Waals surface area contributed by atoms with Crippen molar-refractivity contribution >= 4 is 35.4 Å². The molecule has 1 unspecified atom stereocenters. The third-order valence-corrected chi connectivity index (χ3v) is 6.93. The summed E-state index contributed by atoms with van der Waals surface area (Å²) in [6.45, 7) is 7.35. The molecule has 0 bridgehead atoms. The second-order valence-corrected chi connectivity index (χ2v) is 9.77. The van der Waals surface area contributed by atoms with Crippen molar-refractivity contribution in [2.24, 2.45) is 16.0 Å². The smallest absolute Gasteiger partial charge is 0.255 e. The number of aryl methyl sites for hydroxylation is 1. The number of aliphatic imine (C=N–C) groups is 1. The molecule has 5 rings (SSSR count). The molecule has 0 aliphatic carbocycles. The summed E-state index contributed by atoms with van der Waals surface area (Å²) in [6.07, 6.45) is 2.28. The second kappa shape index (κ2) is 10.7. The Kier molecular flexibility index (Phi) is 7.15. The highest BCUT2D eigenvalue weighted by Crippen LogP contribution is 2.32. The highest BCUT2D eigenvalue weighted by atomic mass is 16.5. The number of fused-ring (bicyclic) bond motifs is 2. The van der Waals surface area contributed by atoms with Gasteiger partial charge >= 0.3 is 0 Å². The largest absolute Gasteiger partial charge is 0.493 e. The first-order chi connectivity index (χ1) is 18.3. The summed E-state index contributed by atoms with van der Waals surface area (Å²) >= 11 is 0. The number of anilines is 2. The van der Waals surface area contributed by atoms with Gasteiger partial charge in [-0.15, -0.1) is 0 Å². The summed E-state index contributed by atoms with van der Waals surface area (Å²) in [7, 11) is 1.61. The van der Waals surface area contributed by atoms with Crippen LogP contribution in [0, 0.1) is 12.8 Å². The van der Waals surface area contributed by atoms with Gasteiger partial charge in [-0.2, -0.15) is 5.10 Å². The quantitative estimate of drug-likeness (QED) is 0.520. The Morgan fingerprint density at radius 1 is 1.21 bits per heavy atom. The molecular weight excluding hydrogens is 484 g/mol. The minimum atomic E-state index is -0.351. The normalized spacial score (nSPS) is 18.4. The Bertz CT molecular complexity index is 1370. The number of rotatable bonds is 7. The standard InChI is InChI=1S/C28H32N6O4/c1-16-5-7-21(32-27(35)20-6-8-24-19(11-20)9-10-38-24)12-23(16)33-26-25-18(3)22(13-34(25)30-15-29-26)28(36)31-17(2)14-37-4/h5-8,11-12,15,17,22H,9-10,13-14H2,1-4H3,(H,31,36)(H,32,35)(H,29,30,33)/t17-,22?/m0/s1. The SMILES string of the molecule is COC[C@H](C)NC(=O)C1CN2N=CN=C(Nc3cc(NC(=O)c4ccc5c(c4)CCO5)ccc3C)C2=C1C. The predicted molar refractivity (Wildman–Crippen MR) is 147 cm³/mol. The number of hydrogen-bond donors (Lipinski definition) is 3. The van der Waals surface area contributed by atoms with Crippen LogP contribution in [0.1, 0.15) is 35.3 Å². The molecular formula is C28H32N6O4. The van der Waals surface area contributed by atoms with Crippen molar-refractivity contribution < 1.29 is 19.1 Å². The lowest BCUT2D eigenvalue weighted by Crippen LogP contribution is -2.41. The number of nitrogens with zero attached hydrogens (tertiary/aromatic N) is 3. The minimum Gasteiger partial charge on any atom is -0.493 e. The molecule has 0 radical (unpaired) electrons. The zero-order valence-electron chi connectivity index (χ0n) is 22.0. The first-order valence-electron chi connectivity index (χ1n) is 12.7. The molecule has 0 aromatic heterocycles. The van der Waals surface area contributed by atoms with E-state index in [1.165, 1.54) is 6.34 Å². The maximum absolute atomic E-state index is 12.9. The number of carbonyl (C=O) groups is 2. The van der Waals surface area contributed by atoms with Gasteiger partial charge in [0.15, 0.2) is 5.84 Å². The first-order valence-corrected chi connectivity index (χ1v) is 12.7.